The van der Waals surface area contributed by atoms with Crippen LogP contribution in [0.4, 0.5) is 17.5 Å². The first-order valence-corrected chi connectivity index (χ1v) is 13.7. The van der Waals surface area contributed by atoms with Crippen LogP contribution in [-0.4, -0.2) is 80.0 Å². The van der Waals surface area contributed by atoms with E-state index in [0.717, 1.165) is 31.1 Å². The van der Waals surface area contributed by atoms with Crippen LogP contribution in [0.3, 0.4) is 0 Å². The van der Waals surface area contributed by atoms with Gasteiger partial charge in [0.25, 0.3) is 0 Å². The molecule has 3 heterocycles. The van der Waals surface area contributed by atoms with E-state index in [-0.39, 0.29) is 12.3 Å². The summed E-state index contributed by atoms with van der Waals surface area (Å²) in [6.45, 7) is 3.65. The summed E-state index contributed by atoms with van der Waals surface area (Å²) in [5, 5.41) is 4.19. The lowest BCUT2D eigenvalue weighted by Crippen LogP contribution is -2.45. The Kier molecular flexibility index (Phi) is 7.42. The van der Waals surface area contributed by atoms with Gasteiger partial charge in [0.2, 0.25) is 16.0 Å². The van der Waals surface area contributed by atoms with E-state index in [0.29, 0.717) is 33.5 Å². The van der Waals surface area contributed by atoms with Crippen molar-refractivity contribution >= 4 is 61.7 Å². The van der Waals surface area contributed by atoms with Gasteiger partial charge in [-0.25, -0.2) is 18.4 Å². The third kappa shape index (κ3) is 6.17. The summed E-state index contributed by atoms with van der Waals surface area (Å²) in [6, 6.07) is 8.96. The fraction of sp³-hybridized carbons (Fsp3) is 0.381. The van der Waals surface area contributed by atoms with E-state index in [9.17, 15) is 8.42 Å². The molecular formula is C21H26ClN7O2S2. The maximum absolute atomic E-state index is 12.6. The van der Waals surface area contributed by atoms with Gasteiger partial charge >= 0.3 is 0 Å². The van der Waals surface area contributed by atoms with Crippen molar-refractivity contribution in [3.8, 4) is 0 Å². The Morgan fingerprint density at radius 1 is 1.12 bits per heavy atom. The summed E-state index contributed by atoms with van der Waals surface area (Å²) in [5.41, 5.74) is 1.19. The maximum Gasteiger partial charge on any atom is 0.234 e. The average Bonchev–Trinajstić information content (AvgIpc) is 2.80. The number of nitrogens with one attached hydrogen (secondary N) is 2. The minimum Gasteiger partial charge on any atom is -0.368 e. The molecule has 176 valence electrons. The number of anilines is 3. The minimum absolute atomic E-state index is 0.120. The molecule has 3 aromatic rings. The zero-order chi connectivity index (χ0) is 23.4. The molecule has 1 aromatic carbocycles. The van der Waals surface area contributed by atoms with Crippen LogP contribution in [0.5, 0.6) is 0 Å². The van der Waals surface area contributed by atoms with Crippen molar-refractivity contribution in [1.29, 1.82) is 0 Å². The van der Waals surface area contributed by atoms with E-state index in [1.54, 1.807) is 36.2 Å². The second-order valence-corrected chi connectivity index (χ2v) is 10.9. The highest BCUT2D eigenvalue weighted by Crippen LogP contribution is 2.26. The molecule has 0 spiro atoms. The first-order chi connectivity index (χ1) is 15.8. The van der Waals surface area contributed by atoms with Crippen LogP contribution in [0.2, 0.25) is 5.15 Å². The molecule has 0 atom stereocenters. The Hall–Kier alpha value is -2.34. The predicted octanol–water partition coefficient (Wildman–Crippen LogP) is 3.01. The lowest BCUT2D eigenvalue weighted by Gasteiger charge is -2.32. The van der Waals surface area contributed by atoms with Gasteiger partial charge in [-0.1, -0.05) is 11.6 Å². The van der Waals surface area contributed by atoms with Crippen molar-refractivity contribution in [3.05, 3.63) is 41.7 Å². The van der Waals surface area contributed by atoms with E-state index in [4.69, 9.17) is 16.6 Å². The third-order valence-electron chi connectivity index (χ3n) is 5.35. The Bertz CT molecular complexity index is 1220. The summed E-state index contributed by atoms with van der Waals surface area (Å²) >= 11 is 7.70. The largest absolute Gasteiger partial charge is 0.368 e. The summed E-state index contributed by atoms with van der Waals surface area (Å²) < 4.78 is 27.8. The third-order valence-corrected chi connectivity index (χ3v) is 7.59. The van der Waals surface area contributed by atoms with Crippen LogP contribution in [0.25, 0.3) is 10.9 Å². The second kappa shape index (κ2) is 10.3. The molecule has 0 radical (unpaired) electrons. The highest BCUT2D eigenvalue weighted by Gasteiger charge is 2.19. The van der Waals surface area contributed by atoms with Crippen LogP contribution in [0, 0.1) is 0 Å². The second-order valence-electron chi connectivity index (χ2n) is 7.76. The molecule has 0 aliphatic carbocycles. The average molecular weight is 508 g/mol. The molecule has 1 aliphatic rings. The number of halogens is 1. The van der Waals surface area contributed by atoms with Gasteiger partial charge in [-0.2, -0.15) is 4.98 Å². The number of thioether (sulfide) groups is 1. The Labute approximate surface area is 203 Å². The number of rotatable bonds is 8. The van der Waals surface area contributed by atoms with Crippen LogP contribution < -0.4 is 14.9 Å². The van der Waals surface area contributed by atoms with Crippen molar-refractivity contribution < 1.29 is 8.42 Å². The number of nitrogens with zero attached hydrogens (tertiary/aromatic N) is 5. The summed E-state index contributed by atoms with van der Waals surface area (Å²) in [4.78, 5) is 18.9. The van der Waals surface area contributed by atoms with Gasteiger partial charge in [-0.05, 0) is 43.6 Å². The van der Waals surface area contributed by atoms with E-state index < -0.39 is 10.0 Å². The number of fused-ring (bicyclic) bond motifs is 1. The van der Waals surface area contributed by atoms with Crippen LogP contribution >= 0.6 is 23.4 Å². The number of sulfonamides is 1. The maximum atomic E-state index is 12.6. The highest BCUT2D eigenvalue weighted by atomic mass is 35.5. The molecule has 1 fully saturated rings. The zero-order valence-corrected chi connectivity index (χ0v) is 20.8. The first kappa shape index (κ1) is 23.8. The van der Waals surface area contributed by atoms with Gasteiger partial charge in [-0.15, -0.1) is 11.8 Å². The first-order valence-electron chi connectivity index (χ1n) is 10.5. The molecule has 12 heteroatoms. The lowest BCUT2D eigenvalue weighted by atomic mass is 10.3. The van der Waals surface area contributed by atoms with E-state index >= 15 is 0 Å². The van der Waals surface area contributed by atoms with E-state index in [1.165, 1.54) is 0 Å². The Balaban J connectivity index is 1.49. The highest BCUT2D eigenvalue weighted by molar-refractivity contribution is 7.98. The summed E-state index contributed by atoms with van der Waals surface area (Å²) in [7, 11) is -1.45. The van der Waals surface area contributed by atoms with Gasteiger partial charge in [0.05, 0.1) is 17.5 Å². The number of hydrogen-bond acceptors (Lipinski definition) is 9. The van der Waals surface area contributed by atoms with Gasteiger partial charge in [-0.3, -0.25) is 4.72 Å². The molecule has 0 unspecified atom stereocenters. The molecule has 0 bridgehead atoms. The van der Waals surface area contributed by atoms with E-state index in [1.807, 2.05) is 18.4 Å². The van der Waals surface area contributed by atoms with Gasteiger partial charge in [0.1, 0.15) is 11.0 Å². The Morgan fingerprint density at radius 3 is 2.55 bits per heavy atom. The molecule has 9 nitrogen and oxygen atoms in total. The number of aromatic nitrogens is 3. The number of benzene rings is 1. The van der Waals surface area contributed by atoms with Gasteiger partial charge in [0, 0.05) is 48.7 Å². The molecule has 1 aliphatic heterocycles. The number of likely N-dealkylation sites (N-methyl/N-ethyl adjacent to an activating group) is 1. The summed E-state index contributed by atoms with van der Waals surface area (Å²) in [5.74, 6) is 1.01. The van der Waals surface area contributed by atoms with Crippen LogP contribution in [0.1, 0.15) is 0 Å². The minimum atomic E-state index is -3.54. The number of piperazine rings is 1. The fourth-order valence-electron chi connectivity index (χ4n) is 3.47. The van der Waals surface area contributed by atoms with Gasteiger partial charge in [0.15, 0.2) is 0 Å². The molecule has 2 N–H and O–H groups in total. The molecule has 0 saturated carbocycles. The molecule has 4 rings (SSSR count). The SMILES string of the molecule is CSc1ccc(NS(=O)(=O)CCNc2nc(N3CCN(C)CC3)nc3cnc(Cl)cc23)cc1. The van der Waals surface area contributed by atoms with Crippen molar-refractivity contribution in [1.82, 2.24) is 19.9 Å². The smallest absolute Gasteiger partial charge is 0.234 e. The summed E-state index contributed by atoms with van der Waals surface area (Å²) in [6.07, 6.45) is 3.58. The molecule has 33 heavy (non-hydrogen) atoms. The van der Waals surface area contributed by atoms with Crippen molar-refractivity contribution in [2.75, 3.05) is 66.7 Å². The molecule has 0 amide bonds. The molecule has 1 saturated heterocycles. The van der Waals surface area contributed by atoms with Crippen molar-refractivity contribution in [3.63, 3.8) is 0 Å². The standard InChI is InChI=1S/C21H26ClN7O2S2/c1-28-8-10-29(11-9-28)21-25-18-14-24-19(22)13-17(18)20(26-21)23-7-12-33(30,31)27-15-3-5-16(32-2)6-4-15/h3-6,13-14,27H,7-12H2,1-2H3,(H,23,25,26). The fourth-order valence-corrected chi connectivity index (χ4v) is 5.00. The lowest BCUT2D eigenvalue weighted by molar-refractivity contribution is 0.311. The van der Waals surface area contributed by atoms with Crippen LogP contribution in [0.15, 0.2) is 41.4 Å². The van der Waals surface area contributed by atoms with Crippen LogP contribution in [-0.2, 0) is 10.0 Å². The van der Waals surface area contributed by atoms with E-state index in [2.05, 4.69) is 36.9 Å². The molecular weight excluding hydrogens is 482 g/mol. The quantitative estimate of drug-likeness (QED) is 0.351. The van der Waals surface area contributed by atoms with Crippen molar-refractivity contribution in [2.45, 2.75) is 4.90 Å². The topological polar surface area (TPSA) is 103 Å². The predicted molar refractivity (Wildman–Crippen MR) is 136 cm³/mol. The normalized spacial score (nSPS) is 15.1. The monoisotopic (exact) mass is 507 g/mol. The Morgan fingerprint density at radius 2 is 1.85 bits per heavy atom. The van der Waals surface area contributed by atoms with Crippen molar-refractivity contribution in [2.24, 2.45) is 0 Å². The van der Waals surface area contributed by atoms with Gasteiger partial charge < -0.3 is 15.1 Å². The number of hydrogen-bond donors (Lipinski definition) is 2. The molecule has 2 aromatic heterocycles. The number of pyridine rings is 1. The zero-order valence-electron chi connectivity index (χ0n) is 18.5.